The maximum atomic E-state index is 12.6. The largest absolute Gasteiger partial charge is 0.352 e. The van der Waals surface area contributed by atoms with Crippen molar-refractivity contribution in [2.24, 2.45) is 5.92 Å². The van der Waals surface area contributed by atoms with Crippen molar-refractivity contribution >= 4 is 23.2 Å². The monoisotopic (exact) mass is 371 g/mol. The van der Waals surface area contributed by atoms with Gasteiger partial charge < -0.3 is 10.2 Å². The summed E-state index contributed by atoms with van der Waals surface area (Å²) in [5.41, 5.74) is 2.22. The summed E-state index contributed by atoms with van der Waals surface area (Å²) in [6.45, 7) is 5.96. The molecule has 0 radical (unpaired) electrons. The van der Waals surface area contributed by atoms with E-state index in [1.807, 2.05) is 36.9 Å². The molecule has 26 heavy (non-hydrogen) atoms. The highest BCUT2D eigenvalue weighted by atomic mass is 32.1. The summed E-state index contributed by atoms with van der Waals surface area (Å²) in [6, 6.07) is 5.81. The third-order valence-corrected chi connectivity index (χ3v) is 6.16. The number of pyridine rings is 1. The predicted molar refractivity (Wildman–Crippen MR) is 103 cm³/mol. The zero-order valence-corrected chi connectivity index (χ0v) is 16.1. The standard InChI is InChI=1S/C20H25N3O2S/c1-3-23(4-2)20(25)18-12-16-11-15(5-6-17(16)26-18)19(24)22-13-14-7-9-21-10-8-14/h7-10,12,15H,3-6,11,13H2,1-2H3,(H,22,24). The second kappa shape index (κ2) is 8.45. The molecule has 1 atom stereocenters. The molecule has 2 amide bonds. The van der Waals surface area contributed by atoms with Gasteiger partial charge in [-0.05, 0) is 62.4 Å². The highest BCUT2D eigenvalue weighted by Crippen LogP contribution is 2.33. The Morgan fingerprint density at radius 2 is 2.00 bits per heavy atom. The number of carbonyl (C=O) groups excluding carboxylic acids is 2. The SMILES string of the molecule is CCN(CC)C(=O)c1cc2c(s1)CCC(C(=O)NCc1ccncc1)C2. The zero-order chi connectivity index (χ0) is 18.5. The van der Waals surface area contributed by atoms with Gasteiger partial charge in [0, 0.05) is 42.8 Å². The molecule has 0 saturated carbocycles. The lowest BCUT2D eigenvalue weighted by atomic mass is 9.87. The summed E-state index contributed by atoms with van der Waals surface area (Å²) in [5.74, 6) is 0.179. The van der Waals surface area contributed by atoms with Crippen molar-refractivity contribution in [2.75, 3.05) is 13.1 Å². The Kier molecular flexibility index (Phi) is 6.04. The summed E-state index contributed by atoms with van der Waals surface area (Å²) in [7, 11) is 0. The van der Waals surface area contributed by atoms with Gasteiger partial charge in [-0.1, -0.05) is 0 Å². The van der Waals surface area contributed by atoms with Crippen LogP contribution in [0.5, 0.6) is 0 Å². The predicted octanol–water partition coefficient (Wildman–Crippen LogP) is 3.05. The van der Waals surface area contributed by atoms with Crippen molar-refractivity contribution in [3.63, 3.8) is 0 Å². The van der Waals surface area contributed by atoms with Gasteiger partial charge in [0.05, 0.1) is 4.88 Å². The fraction of sp³-hybridized carbons (Fsp3) is 0.450. The Morgan fingerprint density at radius 1 is 1.27 bits per heavy atom. The van der Waals surface area contributed by atoms with E-state index in [0.29, 0.717) is 6.54 Å². The van der Waals surface area contributed by atoms with Crippen molar-refractivity contribution < 1.29 is 9.59 Å². The summed E-state index contributed by atoms with van der Waals surface area (Å²) in [4.78, 5) is 33.0. The molecule has 1 aliphatic carbocycles. The summed E-state index contributed by atoms with van der Waals surface area (Å²) < 4.78 is 0. The van der Waals surface area contributed by atoms with Gasteiger partial charge in [-0.15, -0.1) is 11.3 Å². The van der Waals surface area contributed by atoms with Crippen molar-refractivity contribution in [3.05, 3.63) is 51.5 Å². The number of aryl methyl sites for hydroxylation is 1. The van der Waals surface area contributed by atoms with Gasteiger partial charge in [-0.3, -0.25) is 14.6 Å². The van der Waals surface area contributed by atoms with E-state index in [-0.39, 0.29) is 17.7 Å². The summed E-state index contributed by atoms with van der Waals surface area (Å²) >= 11 is 1.60. The Hall–Kier alpha value is -2.21. The van der Waals surface area contributed by atoms with Crippen molar-refractivity contribution in [2.45, 2.75) is 39.7 Å². The first-order chi connectivity index (χ1) is 12.6. The van der Waals surface area contributed by atoms with Crippen LogP contribution >= 0.6 is 11.3 Å². The molecule has 0 spiro atoms. The van der Waals surface area contributed by atoms with E-state index < -0.39 is 0 Å². The van der Waals surface area contributed by atoms with Gasteiger partial charge in [0.1, 0.15) is 0 Å². The summed E-state index contributed by atoms with van der Waals surface area (Å²) in [5, 5.41) is 3.03. The molecule has 5 nitrogen and oxygen atoms in total. The number of nitrogens with zero attached hydrogens (tertiary/aromatic N) is 2. The second-order valence-electron chi connectivity index (χ2n) is 6.55. The highest BCUT2D eigenvalue weighted by molar-refractivity contribution is 7.14. The lowest BCUT2D eigenvalue weighted by Gasteiger charge is -2.21. The number of nitrogens with one attached hydrogen (secondary N) is 1. The minimum absolute atomic E-state index is 0.0182. The quantitative estimate of drug-likeness (QED) is 0.849. The van der Waals surface area contributed by atoms with Gasteiger partial charge in [-0.2, -0.15) is 0 Å². The number of rotatable bonds is 6. The average molecular weight is 372 g/mol. The second-order valence-corrected chi connectivity index (χ2v) is 7.69. The number of amides is 2. The smallest absolute Gasteiger partial charge is 0.263 e. The van der Waals surface area contributed by atoms with Crippen LogP contribution < -0.4 is 5.32 Å². The fourth-order valence-corrected chi connectivity index (χ4v) is 4.53. The molecule has 0 fully saturated rings. The Bertz CT molecular complexity index is 769. The molecule has 1 N–H and O–H groups in total. The minimum atomic E-state index is -0.0182. The molecular formula is C20H25N3O2S. The first-order valence-electron chi connectivity index (χ1n) is 9.19. The molecule has 3 rings (SSSR count). The van der Waals surface area contributed by atoms with E-state index in [4.69, 9.17) is 0 Å². The Labute approximate surface area is 158 Å². The zero-order valence-electron chi connectivity index (χ0n) is 15.3. The number of hydrogen-bond donors (Lipinski definition) is 1. The number of aromatic nitrogens is 1. The van der Waals surface area contributed by atoms with Crippen LogP contribution in [-0.4, -0.2) is 34.8 Å². The van der Waals surface area contributed by atoms with Crippen molar-refractivity contribution in [1.82, 2.24) is 15.2 Å². The lowest BCUT2D eigenvalue weighted by molar-refractivity contribution is -0.125. The van der Waals surface area contributed by atoms with Crippen LogP contribution in [0.3, 0.4) is 0 Å². The first kappa shape index (κ1) is 18.6. The molecule has 2 aromatic heterocycles. The molecule has 6 heteroatoms. The third-order valence-electron chi connectivity index (χ3n) is 4.93. The Morgan fingerprint density at radius 3 is 2.69 bits per heavy atom. The first-order valence-corrected chi connectivity index (χ1v) is 10.0. The van der Waals surface area contributed by atoms with Gasteiger partial charge in [0.25, 0.3) is 5.91 Å². The number of thiophene rings is 1. The average Bonchev–Trinajstić information content (AvgIpc) is 3.11. The highest BCUT2D eigenvalue weighted by Gasteiger charge is 2.28. The molecule has 2 heterocycles. The van der Waals surface area contributed by atoms with E-state index in [0.717, 1.165) is 42.8 Å². The van der Waals surface area contributed by atoms with Crippen molar-refractivity contribution in [1.29, 1.82) is 0 Å². The lowest BCUT2D eigenvalue weighted by Crippen LogP contribution is -2.33. The van der Waals surface area contributed by atoms with E-state index in [1.54, 1.807) is 23.7 Å². The molecular weight excluding hydrogens is 346 g/mol. The Balaban J connectivity index is 1.62. The molecule has 0 saturated heterocycles. The molecule has 0 aromatic carbocycles. The van der Waals surface area contributed by atoms with Gasteiger partial charge in [-0.25, -0.2) is 0 Å². The van der Waals surface area contributed by atoms with Crippen LogP contribution in [0.25, 0.3) is 0 Å². The van der Waals surface area contributed by atoms with E-state index in [1.165, 1.54) is 10.4 Å². The van der Waals surface area contributed by atoms with Crippen LogP contribution in [-0.2, 0) is 24.2 Å². The van der Waals surface area contributed by atoms with E-state index in [2.05, 4.69) is 10.3 Å². The van der Waals surface area contributed by atoms with Crippen molar-refractivity contribution in [3.8, 4) is 0 Å². The maximum absolute atomic E-state index is 12.6. The molecule has 0 aliphatic heterocycles. The van der Waals surface area contributed by atoms with Crippen LogP contribution in [0.15, 0.2) is 30.6 Å². The van der Waals surface area contributed by atoms with Crippen LogP contribution in [0.1, 0.15) is 45.9 Å². The maximum Gasteiger partial charge on any atom is 0.263 e. The topological polar surface area (TPSA) is 62.3 Å². The third kappa shape index (κ3) is 4.12. The van der Waals surface area contributed by atoms with E-state index >= 15 is 0 Å². The minimum Gasteiger partial charge on any atom is -0.352 e. The van der Waals surface area contributed by atoms with Gasteiger partial charge in [0.15, 0.2) is 0 Å². The van der Waals surface area contributed by atoms with Crippen LogP contribution in [0.4, 0.5) is 0 Å². The number of hydrogen-bond acceptors (Lipinski definition) is 4. The van der Waals surface area contributed by atoms with Crippen LogP contribution in [0.2, 0.25) is 0 Å². The molecule has 1 aliphatic rings. The number of carbonyl (C=O) groups is 2. The number of fused-ring (bicyclic) bond motifs is 1. The van der Waals surface area contributed by atoms with E-state index in [9.17, 15) is 9.59 Å². The summed E-state index contributed by atoms with van der Waals surface area (Å²) in [6.07, 6.45) is 5.90. The molecule has 0 bridgehead atoms. The van der Waals surface area contributed by atoms with Crippen LogP contribution in [0, 0.1) is 5.92 Å². The van der Waals surface area contributed by atoms with Gasteiger partial charge in [0.2, 0.25) is 5.91 Å². The molecule has 138 valence electrons. The normalized spacial score (nSPS) is 16.0. The van der Waals surface area contributed by atoms with Gasteiger partial charge >= 0.3 is 0 Å². The fourth-order valence-electron chi connectivity index (χ4n) is 3.35. The molecule has 2 aromatic rings. The molecule has 1 unspecified atom stereocenters.